The Morgan fingerprint density at radius 3 is 2.85 bits per heavy atom. The fraction of sp³-hybridized carbons (Fsp3) is 0.429. The van der Waals surface area contributed by atoms with Crippen LogP contribution in [0.3, 0.4) is 0 Å². The van der Waals surface area contributed by atoms with E-state index in [2.05, 4.69) is 11.9 Å². The van der Waals surface area contributed by atoms with E-state index >= 15 is 0 Å². The minimum Gasteiger partial charge on any atom is -0.493 e. The summed E-state index contributed by atoms with van der Waals surface area (Å²) in [5, 5.41) is 14.1. The highest BCUT2D eigenvalue weighted by atomic mass is 16.6. The van der Waals surface area contributed by atoms with Crippen LogP contribution >= 0.6 is 0 Å². The second kappa shape index (κ2) is 6.38. The molecule has 1 aliphatic rings. The first-order chi connectivity index (χ1) is 9.60. The summed E-state index contributed by atoms with van der Waals surface area (Å²) >= 11 is 0. The van der Waals surface area contributed by atoms with Crippen LogP contribution in [0.15, 0.2) is 30.4 Å². The van der Waals surface area contributed by atoms with E-state index in [1.165, 1.54) is 38.2 Å². The van der Waals surface area contributed by atoms with Crippen molar-refractivity contribution in [1.29, 1.82) is 0 Å². The van der Waals surface area contributed by atoms with Crippen LogP contribution in [0, 0.1) is 10.1 Å². The summed E-state index contributed by atoms with van der Waals surface area (Å²) in [6.45, 7) is 4.92. The summed E-state index contributed by atoms with van der Waals surface area (Å²) in [7, 11) is 1.50. The Labute approximate surface area is 117 Å². The second-order valence-corrected chi connectivity index (χ2v) is 4.79. The van der Waals surface area contributed by atoms with E-state index < -0.39 is 4.92 Å². The van der Waals surface area contributed by atoms with E-state index in [1.54, 1.807) is 0 Å². The third-order valence-corrected chi connectivity index (χ3v) is 3.01. The largest absolute Gasteiger partial charge is 0.493 e. The van der Waals surface area contributed by atoms with Gasteiger partial charge in [-0.25, -0.2) is 0 Å². The van der Waals surface area contributed by atoms with Crippen LogP contribution < -0.4 is 14.8 Å². The normalized spacial score (nSPS) is 13.8. The van der Waals surface area contributed by atoms with Crippen molar-refractivity contribution < 1.29 is 14.4 Å². The molecular formula is C14H18N2O4. The maximum atomic E-state index is 10.8. The van der Waals surface area contributed by atoms with Crippen molar-refractivity contribution in [2.45, 2.75) is 18.9 Å². The van der Waals surface area contributed by atoms with Gasteiger partial charge >= 0.3 is 0 Å². The summed E-state index contributed by atoms with van der Waals surface area (Å²) in [5.41, 5.74) is 0.868. The summed E-state index contributed by atoms with van der Waals surface area (Å²) in [6, 6.07) is 4.88. The minimum atomic E-state index is -0.463. The average Bonchev–Trinajstić information content (AvgIpc) is 3.26. The van der Waals surface area contributed by atoms with Crippen molar-refractivity contribution in [3.63, 3.8) is 0 Å². The van der Waals surface area contributed by atoms with E-state index in [9.17, 15) is 10.1 Å². The summed E-state index contributed by atoms with van der Waals surface area (Å²) in [4.78, 5) is 10.3. The lowest BCUT2D eigenvalue weighted by atomic mass is 10.2. The van der Waals surface area contributed by atoms with Crippen LogP contribution in [0.25, 0.3) is 0 Å². The van der Waals surface area contributed by atoms with E-state index in [0.717, 1.165) is 5.57 Å². The molecule has 108 valence electrons. The van der Waals surface area contributed by atoms with Gasteiger partial charge < -0.3 is 14.8 Å². The van der Waals surface area contributed by atoms with Crippen molar-refractivity contribution in [1.82, 2.24) is 5.32 Å². The number of hydrogen-bond donors (Lipinski definition) is 1. The fourth-order valence-corrected chi connectivity index (χ4v) is 1.70. The molecule has 0 spiro atoms. The molecule has 1 aromatic rings. The predicted octanol–water partition coefficient (Wildman–Crippen LogP) is 2.29. The van der Waals surface area contributed by atoms with E-state index in [1.807, 2.05) is 0 Å². The minimum absolute atomic E-state index is 0.0254. The maximum absolute atomic E-state index is 10.8. The lowest BCUT2D eigenvalue weighted by Gasteiger charge is -2.12. The second-order valence-electron chi connectivity index (χ2n) is 4.79. The maximum Gasteiger partial charge on any atom is 0.273 e. The summed E-state index contributed by atoms with van der Waals surface area (Å²) in [6.07, 6.45) is 2.43. The molecule has 0 unspecified atom stereocenters. The molecule has 1 aromatic carbocycles. The van der Waals surface area contributed by atoms with Gasteiger partial charge in [0.15, 0.2) is 11.5 Å². The zero-order valence-corrected chi connectivity index (χ0v) is 11.4. The van der Waals surface area contributed by atoms with E-state index in [0.29, 0.717) is 30.7 Å². The molecule has 1 aliphatic carbocycles. The standard InChI is InChI=1S/C14H18N2O4/c1-10(8-15-11-3-4-11)9-20-14-7-12(16(17)18)5-6-13(14)19-2/h5-7,11,15H,1,3-4,8-9H2,2H3. The molecular weight excluding hydrogens is 260 g/mol. The van der Waals surface area contributed by atoms with Crippen LogP contribution in [0.1, 0.15) is 12.8 Å². The van der Waals surface area contributed by atoms with Gasteiger partial charge in [-0.05, 0) is 24.5 Å². The Hall–Kier alpha value is -2.08. The first kappa shape index (κ1) is 14.3. The molecule has 0 bridgehead atoms. The highest BCUT2D eigenvalue weighted by molar-refractivity contribution is 5.48. The number of nitro benzene ring substituents is 1. The zero-order chi connectivity index (χ0) is 14.5. The fourth-order valence-electron chi connectivity index (χ4n) is 1.70. The smallest absolute Gasteiger partial charge is 0.273 e. The summed E-state index contributed by atoms with van der Waals surface area (Å²) in [5.74, 6) is 0.827. The Bertz CT molecular complexity index is 512. The van der Waals surface area contributed by atoms with Gasteiger partial charge in [-0.2, -0.15) is 0 Å². The number of nitrogens with zero attached hydrogens (tertiary/aromatic N) is 1. The number of hydrogen-bond acceptors (Lipinski definition) is 5. The van der Waals surface area contributed by atoms with Crippen LogP contribution in [0.5, 0.6) is 11.5 Å². The highest BCUT2D eigenvalue weighted by Gasteiger charge is 2.20. The monoisotopic (exact) mass is 278 g/mol. The number of nitrogens with one attached hydrogen (secondary N) is 1. The van der Waals surface area contributed by atoms with Crippen LogP contribution in [-0.4, -0.2) is 31.2 Å². The number of nitro groups is 1. The molecule has 0 radical (unpaired) electrons. The number of rotatable bonds is 8. The molecule has 0 atom stereocenters. The molecule has 0 aromatic heterocycles. The van der Waals surface area contributed by atoms with Gasteiger partial charge in [-0.15, -0.1) is 0 Å². The number of benzene rings is 1. The molecule has 0 heterocycles. The molecule has 0 saturated heterocycles. The van der Waals surface area contributed by atoms with E-state index in [4.69, 9.17) is 9.47 Å². The van der Waals surface area contributed by atoms with Gasteiger partial charge in [0.1, 0.15) is 6.61 Å². The highest BCUT2D eigenvalue weighted by Crippen LogP contribution is 2.31. The van der Waals surface area contributed by atoms with Gasteiger partial charge in [0.2, 0.25) is 0 Å². The topological polar surface area (TPSA) is 73.6 Å². The molecule has 0 aliphatic heterocycles. The molecule has 20 heavy (non-hydrogen) atoms. The Kier molecular flexibility index (Phi) is 4.57. The van der Waals surface area contributed by atoms with Crippen molar-refractivity contribution in [3.05, 3.63) is 40.5 Å². The lowest BCUT2D eigenvalue weighted by Crippen LogP contribution is -2.21. The molecule has 1 fully saturated rings. The zero-order valence-electron chi connectivity index (χ0n) is 11.4. The van der Waals surface area contributed by atoms with Crippen LogP contribution in [0.4, 0.5) is 5.69 Å². The Morgan fingerprint density at radius 2 is 2.25 bits per heavy atom. The first-order valence-corrected chi connectivity index (χ1v) is 6.45. The number of non-ortho nitro benzene ring substituents is 1. The first-order valence-electron chi connectivity index (χ1n) is 6.45. The molecule has 6 nitrogen and oxygen atoms in total. The molecule has 1 saturated carbocycles. The Morgan fingerprint density at radius 1 is 1.50 bits per heavy atom. The van der Waals surface area contributed by atoms with Crippen molar-refractivity contribution in [3.8, 4) is 11.5 Å². The van der Waals surface area contributed by atoms with Crippen LogP contribution in [0.2, 0.25) is 0 Å². The van der Waals surface area contributed by atoms with Crippen molar-refractivity contribution in [2.75, 3.05) is 20.3 Å². The quantitative estimate of drug-likeness (QED) is 0.448. The molecule has 1 N–H and O–H groups in total. The molecule has 2 rings (SSSR count). The number of methoxy groups -OCH3 is 1. The van der Waals surface area contributed by atoms with E-state index in [-0.39, 0.29) is 5.69 Å². The third kappa shape index (κ3) is 3.96. The molecule has 6 heteroatoms. The van der Waals surface area contributed by atoms with Gasteiger partial charge in [0, 0.05) is 18.7 Å². The van der Waals surface area contributed by atoms with Crippen LogP contribution in [-0.2, 0) is 0 Å². The van der Waals surface area contributed by atoms with Crippen molar-refractivity contribution in [2.24, 2.45) is 0 Å². The summed E-state index contributed by atoms with van der Waals surface area (Å²) < 4.78 is 10.7. The van der Waals surface area contributed by atoms with Gasteiger partial charge in [0.05, 0.1) is 18.1 Å². The third-order valence-electron chi connectivity index (χ3n) is 3.01. The van der Waals surface area contributed by atoms with Crippen molar-refractivity contribution >= 4 is 5.69 Å². The number of ether oxygens (including phenoxy) is 2. The van der Waals surface area contributed by atoms with Gasteiger partial charge in [-0.3, -0.25) is 10.1 Å². The molecule has 0 amide bonds. The Balaban J connectivity index is 1.93. The SMILES string of the molecule is C=C(CNC1CC1)COc1cc([N+](=O)[O-])ccc1OC. The predicted molar refractivity (Wildman–Crippen MR) is 75.3 cm³/mol. The van der Waals surface area contributed by atoms with Gasteiger partial charge in [-0.1, -0.05) is 6.58 Å². The van der Waals surface area contributed by atoms with Gasteiger partial charge in [0.25, 0.3) is 5.69 Å². The lowest BCUT2D eigenvalue weighted by molar-refractivity contribution is -0.385. The average molecular weight is 278 g/mol.